The zero-order valence-electron chi connectivity index (χ0n) is 10.6. The number of nitrogen functional groups attached to an aromatic ring is 1. The van der Waals surface area contributed by atoms with Crippen molar-refractivity contribution in [3.8, 4) is 0 Å². The quantitative estimate of drug-likeness (QED) is 0.707. The van der Waals surface area contributed by atoms with Gasteiger partial charge in [-0.15, -0.1) is 0 Å². The number of anilines is 1. The number of rotatable bonds is 4. The van der Waals surface area contributed by atoms with E-state index in [2.05, 4.69) is 10.6 Å². The number of carbonyl (C=O) groups excluding carboxylic acids is 2. The van der Waals surface area contributed by atoms with Crippen molar-refractivity contribution in [3.05, 3.63) is 29.3 Å². The van der Waals surface area contributed by atoms with E-state index in [4.69, 9.17) is 5.73 Å². The minimum Gasteiger partial charge on any atom is -0.399 e. The summed E-state index contributed by atoms with van der Waals surface area (Å²) in [4.78, 5) is 23.9. The minimum absolute atomic E-state index is 0.157. The van der Waals surface area contributed by atoms with Crippen molar-refractivity contribution in [1.82, 2.24) is 10.6 Å². The van der Waals surface area contributed by atoms with Crippen LogP contribution in [0.5, 0.6) is 0 Å². The molecule has 4 N–H and O–H groups in total. The van der Waals surface area contributed by atoms with Gasteiger partial charge in [-0.1, -0.05) is 0 Å². The number of nitrogens with two attached hydrogens (primary N) is 1. The van der Waals surface area contributed by atoms with E-state index in [9.17, 15) is 9.59 Å². The van der Waals surface area contributed by atoms with Crippen molar-refractivity contribution in [2.45, 2.75) is 37.8 Å². The first-order chi connectivity index (χ1) is 9.11. The van der Waals surface area contributed by atoms with Crippen LogP contribution in [0.1, 0.15) is 46.4 Å². The first-order valence-electron chi connectivity index (χ1n) is 6.64. The Morgan fingerprint density at radius 1 is 0.895 bits per heavy atom. The van der Waals surface area contributed by atoms with Gasteiger partial charge in [0, 0.05) is 28.9 Å². The number of nitrogens with one attached hydrogen (secondary N) is 2. The molecule has 0 saturated heterocycles. The monoisotopic (exact) mass is 259 g/mol. The zero-order valence-corrected chi connectivity index (χ0v) is 10.6. The molecule has 0 radical (unpaired) electrons. The topological polar surface area (TPSA) is 84.2 Å². The van der Waals surface area contributed by atoms with E-state index in [-0.39, 0.29) is 23.9 Å². The maximum Gasteiger partial charge on any atom is 0.251 e. The first kappa shape index (κ1) is 12.0. The summed E-state index contributed by atoms with van der Waals surface area (Å²) in [5, 5.41) is 5.78. The van der Waals surface area contributed by atoms with Gasteiger partial charge in [-0.2, -0.15) is 0 Å². The second kappa shape index (κ2) is 4.57. The van der Waals surface area contributed by atoms with E-state index < -0.39 is 0 Å². The summed E-state index contributed by atoms with van der Waals surface area (Å²) >= 11 is 0. The Morgan fingerprint density at radius 3 is 1.68 bits per heavy atom. The standard InChI is InChI=1S/C14H17N3O2/c15-10-6-8(13(18)16-11-1-2-11)5-9(7-10)14(19)17-12-3-4-12/h5-7,11-12H,1-4,15H2,(H,16,18)(H,17,19). The van der Waals surface area contributed by atoms with Crippen LogP contribution >= 0.6 is 0 Å². The molecule has 0 heterocycles. The largest absolute Gasteiger partial charge is 0.399 e. The lowest BCUT2D eigenvalue weighted by molar-refractivity contribution is 0.0950. The summed E-state index contributed by atoms with van der Waals surface area (Å²) in [6.45, 7) is 0. The maximum atomic E-state index is 12.0. The molecule has 0 aromatic heterocycles. The third kappa shape index (κ3) is 3.05. The molecule has 2 aliphatic rings. The Balaban J connectivity index is 1.77. The average molecular weight is 259 g/mol. The van der Waals surface area contributed by atoms with Crippen molar-refractivity contribution < 1.29 is 9.59 Å². The molecule has 1 aromatic carbocycles. The number of hydrogen-bond donors (Lipinski definition) is 3. The second-order valence-corrected chi connectivity index (χ2v) is 5.34. The molecule has 2 amide bonds. The molecule has 5 nitrogen and oxygen atoms in total. The van der Waals surface area contributed by atoms with Gasteiger partial charge in [0.05, 0.1) is 0 Å². The van der Waals surface area contributed by atoms with Crippen LogP contribution < -0.4 is 16.4 Å². The number of hydrogen-bond acceptors (Lipinski definition) is 3. The van der Waals surface area contributed by atoms with Crippen LogP contribution in [0.4, 0.5) is 5.69 Å². The van der Waals surface area contributed by atoms with E-state index in [0.29, 0.717) is 16.8 Å². The fourth-order valence-corrected chi connectivity index (χ4v) is 1.91. The van der Waals surface area contributed by atoms with Crippen molar-refractivity contribution in [1.29, 1.82) is 0 Å². The van der Waals surface area contributed by atoms with Crippen LogP contribution in [0.15, 0.2) is 18.2 Å². The molecule has 0 aliphatic heterocycles. The molecule has 0 bridgehead atoms. The highest BCUT2D eigenvalue weighted by Gasteiger charge is 2.26. The molecule has 2 fully saturated rings. The van der Waals surface area contributed by atoms with Gasteiger partial charge in [0.2, 0.25) is 0 Å². The molecule has 19 heavy (non-hydrogen) atoms. The van der Waals surface area contributed by atoms with E-state index in [1.165, 1.54) is 0 Å². The van der Waals surface area contributed by atoms with Crippen LogP contribution in [-0.2, 0) is 0 Å². The number of benzene rings is 1. The predicted octanol–water partition coefficient (Wildman–Crippen LogP) is 1.05. The highest BCUT2D eigenvalue weighted by Crippen LogP contribution is 2.22. The maximum absolute atomic E-state index is 12.0. The molecule has 3 rings (SSSR count). The summed E-state index contributed by atoms with van der Waals surface area (Å²) in [5.41, 5.74) is 7.11. The second-order valence-electron chi connectivity index (χ2n) is 5.34. The summed E-state index contributed by atoms with van der Waals surface area (Å²) in [6.07, 6.45) is 4.12. The van der Waals surface area contributed by atoms with Gasteiger partial charge < -0.3 is 16.4 Å². The molecule has 2 saturated carbocycles. The number of amides is 2. The number of carbonyl (C=O) groups is 2. The van der Waals surface area contributed by atoms with E-state index >= 15 is 0 Å². The minimum atomic E-state index is -0.157. The van der Waals surface area contributed by atoms with Crippen LogP contribution in [0, 0.1) is 0 Å². The van der Waals surface area contributed by atoms with Gasteiger partial charge >= 0.3 is 0 Å². The zero-order chi connectivity index (χ0) is 13.4. The highest BCUT2D eigenvalue weighted by atomic mass is 16.2. The Hall–Kier alpha value is -2.04. The molecule has 100 valence electrons. The smallest absolute Gasteiger partial charge is 0.251 e. The van der Waals surface area contributed by atoms with Crippen molar-refractivity contribution >= 4 is 17.5 Å². The van der Waals surface area contributed by atoms with Crippen LogP contribution in [0.25, 0.3) is 0 Å². The normalized spacial score (nSPS) is 17.9. The van der Waals surface area contributed by atoms with Gasteiger partial charge in [0.15, 0.2) is 0 Å². The van der Waals surface area contributed by atoms with Gasteiger partial charge in [-0.3, -0.25) is 9.59 Å². The third-order valence-electron chi connectivity index (χ3n) is 3.30. The average Bonchev–Trinajstić information content (AvgIpc) is 3.23. The third-order valence-corrected chi connectivity index (χ3v) is 3.30. The Kier molecular flexibility index (Phi) is 2.89. The first-order valence-corrected chi connectivity index (χ1v) is 6.64. The summed E-state index contributed by atoms with van der Waals surface area (Å²) in [5.74, 6) is -0.314. The fraction of sp³-hybridized carbons (Fsp3) is 0.429. The predicted molar refractivity (Wildman–Crippen MR) is 71.8 cm³/mol. The van der Waals surface area contributed by atoms with Crippen molar-refractivity contribution in [2.75, 3.05) is 5.73 Å². The molecule has 0 unspecified atom stereocenters. The van der Waals surface area contributed by atoms with Gasteiger partial charge in [-0.05, 0) is 43.9 Å². The van der Waals surface area contributed by atoms with E-state index in [1.807, 2.05) is 0 Å². The molecule has 5 heteroatoms. The summed E-state index contributed by atoms with van der Waals surface area (Å²) in [6, 6.07) is 5.39. The Labute approximate surface area is 111 Å². The van der Waals surface area contributed by atoms with Gasteiger partial charge in [0.1, 0.15) is 0 Å². The SMILES string of the molecule is Nc1cc(C(=O)NC2CC2)cc(C(=O)NC2CC2)c1. The molecular formula is C14H17N3O2. The van der Waals surface area contributed by atoms with Crippen molar-refractivity contribution in [2.24, 2.45) is 0 Å². The lowest BCUT2D eigenvalue weighted by Gasteiger charge is -2.08. The van der Waals surface area contributed by atoms with Crippen molar-refractivity contribution in [3.63, 3.8) is 0 Å². The fourth-order valence-electron chi connectivity index (χ4n) is 1.91. The Morgan fingerprint density at radius 2 is 1.32 bits per heavy atom. The lowest BCUT2D eigenvalue weighted by atomic mass is 10.1. The van der Waals surface area contributed by atoms with Gasteiger partial charge in [-0.25, -0.2) is 0 Å². The van der Waals surface area contributed by atoms with Gasteiger partial charge in [0.25, 0.3) is 11.8 Å². The molecular weight excluding hydrogens is 242 g/mol. The molecule has 1 aromatic rings. The summed E-state index contributed by atoms with van der Waals surface area (Å²) < 4.78 is 0. The summed E-state index contributed by atoms with van der Waals surface area (Å²) in [7, 11) is 0. The van der Waals surface area contributed by atoms with Crippen LogP contribution in [-0.4, -0.2) is 23.9 Å². The van der Waals surface area contributed by atoms with Crippen LogP contribution in [0.2, 0.25) is 0 Å². The molecule has 0 spiro atoms. The molecule has 0 atom stereocenters. The lowest BCUT2D eigenvalue weighted by Crippen LogP contribution is -2.28. The molecule has 2 aliphatic carbocycles. The van der Waals surface area contributed by atoms with E-state index in [0.717, 1.165) is 25.7 Å². The Bertz CT molecular complexity index is 489. The highest BCUT2D eigenvalue weighted by molar-refractivity contribution is 6.01. The van der Waals surface area contributed by atoms with Crippen LogP contribution in [0.3, 0.4) is 0 Å². The van der Waals surface area contributed by atoms with E-state index in [1.54, 1.807) is 18.2 Å².